The van der Waals surface area contributed by atoms with Crippen molar-refractivity contribution >= 4 is 28.2 Å². The molecule has 7 nitrogen and oxygen atoms in total. The van der Waals surface area contributed by atoms with Crippen LogP contribution in [0.3, 0.4) is 0 Å². The van der Waals surface area contributed by atoms with Crippen molar-refractivity contribution in [3.05, 3.63) is 59.0 Å². The van der Waals surface area contributed by atoms with E-state index in [1.807, 2.05) is 61.3 Å². The topological polar surface area (TPSA) is 80.2 Å². The van der Waals surface area contributed by atoms with E-state index in [0.29, 0.717) is 5.92 Å². The Hall–Kier alpha value is -3.00. The summed E-state index contributed by atoms with van der Waals surface area (Å²) in [6.45, 7) is 5.55. The molecule has 3 heterocycles. The van der Waals surface area contributed by atoms with Crippen molar-refractivity contribution in [1.82, 2.24) is 19.9 Å². The van der Waals surface area contributed by atoms with E-state index in [4.69, 9.17) is 4.74 Å². The molecule has 0 spiro atoms. The number of rotatable bonds is 7. The van der Waals surface area contributed by atoms with Crippen LogP contribution < -0.4 is 10.1 Å². The summed E-state index contributed by atoms with van der Waals surface area (Å²) in [6.07, 6.45) is 4.67. The minimum atomic E-state index is 0.0467. The molecule has 1 saturated heterocycles. The molecule has 1 N–H and O–H groups in total. The number of nitrogens with one attached hydrogen (secondary N) is 1. The molecule has 2 aromatic heterocycles. The number of likely N-dealkylation sites (tertiary alicyclic amines) is 1. The van der Waals surface area contributed by atoms with E-state index in [1.165, 1.54) is 0 Å². The minimum Gasteiger partial charge on any atom is -0.484 e. The largest absolute Gasteiger partial charge is 0.484 e. The summed E-state index contributed by atoms with van der Waals surface area (Å²) in [5, 5.41) is 4.12. The van der Waals surface area contributed by atoms with E-state index < -0.39 is 0 Å². The molecule has 0 saturated carbocycles. The maximum atomic E-state index is 12.5. The van der Waals surface area contributed by atoms with Crippen LogP contribution in [0.4, 0.5) is 10.9 Å². The van der Waals surface area contributed by atoms with Crippen LogP contribution in [-0.2, 0) is 11.2 Å². The standard InChI is InChI=1S/C23H27N5O2S/c1-16-14-24-23(31-16)27-21-13-19(25-17(2)26-21)12-18-8-10-28(11-9-18)22(29)15-30-20-6-4-3-5-7-20/h3-7,13-14,18H,8-12,15H2,1-2H3,(H,24,25,26,27). The van der Waals surface area contributed by atoms with Crippen LogP contribution >= 0.6 is 11.3 Å². The lowest BCUT2D eigenvalue weighted by Gasteiger charge is -2.32. The number of thiazole rings is 1. The van der Waals surface area contributed by atoms with Crippen molar-refractivity contribution < 1.29 is 9.53 Å². The van der Waals surface area contributed by atoms with Gasteiger partial charge in [-0.05, 0) is 51.2 Å². The maximum absolute atomic E-state index is 12.5. The zero-order valence-corrected chi connectivity index (χ0v) is 18.7. The molecule has 4 rings (SSSR count). The number of anilines is 2. The number of carbonyl (C=O) groups is 1. The summed E-state index contributed by atoms with van der Waals surface area (Å²) < 4.78 is 5.60. The summed E-state index contributed by atoms with van der Waals surface area (Å²) in [5.74, 6) is 2.80. The monoisotopic (exact) mass is 437 g/mol. The number of nitrogens with zero attached hydrogens (tertiary/aromatic N) is 4. The van der Waals surface area contributed by atoms with Crippen molar-refractivity contribution in [2.24, 2.45) is 5.92 Å². The van der Waals surface area contributed by atoms with E-state index in [2.05, 4.69) is 20.3 Å². The van der Waals surface area contributed by atoms with Crippen LogP contribution in [0, 0.1) is 19.8 Å². The van der Waals surface area contributed by atoms with E-state index >= 15 is 0 Å². The smallest absolute Gasteiger partial charge is 0.260 e. The van der Waals surface area contributed by atoms with E-state index in [0.717, 1.165) is 65.4 Å². The number of ether oxygens (including phenoxy) is 1. The molecule has 8 heteroatoms. The fourth-order valence-corrected chi connectivity index (χ4v) is 4.43. The molecule has 0 unspecified atom stereocenters. The Labute approximate surface area is 186 Å². The van der Waals surface area contributed by atoms with Crippen molar-refractivity contribution in [2.45, 2.75) is 33.1 Å². The van der Waals surface area contributed by atoms with Crippen molar-refractivity contribution in [2.75, 3.05) is 25.0 Å². The predicted molar refractivity (Wildman–Crippen MR) is 122 cm³/mol. The second-order valence-corrected chi connectivity index (χ2v) is 9.06. The zero-order chi connectivity index (χ0) is 21.6. The molecule has 31 heavy (non-hydrogen) atoms. The third-order valence-corrected chi connectivity index (χ3v) is 6.15. The van der Waals surface area contributed by atoms with Gasteiger partial charge in [-0.3, -0.25) is 4.79 Å². The highest BCUT2D eigenvalue weighted by Gasteiger charge is 2.24. The Kier molecular flexibility index (Phi) is 6.76. The second-order valence-electron chi connectivity index (χ2n) is 7.82. The molecule has 162 valence electrons. The molecule has 0 bridgehead atoms. The van der Waals surface area contributed by atoms with Crippen LogP contribution in [-0.4, -0.2) is 45.5 Å². The Bertz CT molecular complexity index is 1020. The molecule has 1 aliphatic rings. The number of piperidine rings is 1. The molecule has 0 radical (unpaired) electrons. The fraction of sp³-hybridized carbons (Fsp3) is 0.391. The molecule has 1 aromatic carbocycles. The summed E-state index contributed by atoms with van der Waals surface area (Å²) >= 11 is 1.61. The Morgan fingerprint density at radius 1 is 1.19 bits per heavy atom. The third-order valence-electron chi connectivity index (χ3n) is 5.32. The Morgan fingerprint density at radius 3 is 2.68 bits per heavy atom. The van der Waals surface area contributed by atoms with Gasteiger partial charge in [-0.25, -0.2) is 15.0 Å². The van der Waals surface area contributed by atoms with E-state index in [1.54, 1.807) is 11.3 Å². The van der Waals surface area contributed by atoms with Gasteiger partial charge in [0.2, 0.25) is 0 Å². The van der Waals surface area contributed by atoms with Crippen LogP contribution in [0.25, 0.3) is 0 Å². The number of benzene rings is 1. The Balaban J connectivity index is 1.28. The average Bonchev–Trinajstić information content (AvgIpc) is 3.17. The molecule has 3 aromatic rings. The normalized spacial score (nSPS) is 14.5. The summed E-state index contributed by atoms with van der Waals surface area (Å²) in [5.41, 5.74) is 1.03. The molecule has 1 aliphatic heterocycles. The third kappa shape index (κ3) is 6.01. The minimum absolute atomic E-state index is 0.0467. The van der Waals surface area contributed by atoms with Crippen LogP contribution in [0.15, 0.2) is 42.6 Å². The SMILES string of the molecule is Cc1nc(CC2CCN(C(=O)COc3ccccc3)CC2)cc(Nc2ncc(C)s2)n1. The van der Waals surface area contributed by atoms with Gasteiger partial charge < -0.3 is 15.0 Å². The lowest BCUT2D eigenvalue weighted by molar-refractivity contribution is -0.134. The molecular formula is C23H27N5O2S. The first-order chi connectivity index (χ1) is 15.0. The Morgan fingerprint density at radius 2 is 1.97 bits per heavy atom. The average molecular weight is 438 g/mol. The lowest BCUT2D eigenvalue weighted by Crippen LogP contribution is -2.41. The summed E-state index contributed by atoms with van der Waals surface area (Å²) in [6, 6.07) is 11.5. The zero-order valence-electron chi connectivity index (χ0n) is 17.9. The second kappa shape index (κ2) is 9.87. The van der Waals surface area contributed by atoms with Gasteiger partial charge in [0, 0.05) is 35.9 Å². The number of aromatic nitrogens is 3. The van der Waals surface area contributed by atoms with Gasteiger partial charge in [-0.15, -0.1) is 11.3 Å². The maximum Gasteiger partial charge on any atom is 0.260 e. The number of hydrogen-bond acceptors (Lipinski definition) is 7. The molecule has 1 fully saturated rings. The predicted octanol–water partition coefficient (Wildman–Crippen LogP) is 4.15. The lowest BCUT2D eigenvalue weighted by atomic mass is 9.92. The molecule has 1 amide bonds. The first kappa shape index (κ1) is 21.2. The van der Waals surface area contributed by atoms with Crippen molar-refractivity contribution in [3.8, 4) is 5.75 Å². The number of aryl methyl sites for hydroxylation is 2. The summed E-state index contributed by atoms with van der Waals surface area (Å²) in [4.78, 5) is 29.0. The first-order valence-corrected chi connectivity index (χ1v) is 11.4. The first-order valence-electron chi connectivity index (χ1n) is 10.5. The van der Waals surface area contributed by atoms with E-state index in [9.17, 15) is 4.79 Å². The highest BCUT2D eigenvalue weighted by atomic mass is 32.1. The van der Waals surface area contributed by atoms with Crippen LogP contribution in [0.2, 0.25) is 0 Å². The number of para-hydroxylation sites is 1. The van der Waals surface area contributed by atoms with Gasteiger partial charge in [-0.2, -0.15) is 0 Å². The number of hydrogen-bond donors (Lipinski definition) is 1. The highest BCUT2D eigenvalue weighted by Crippen LogP contribution is 2.24. The van der Waals surface area contributed by atoms with Gasteiger partial charge in [-0.1, -0.05) is 18.2 Å². The van der Waals surface area contributed by atoms with Gasteiger partial charge in [0.1, 0.15) is 17.4 Å². The molecule has 0 aliphatic carbocycles. The number of amides is 1. The van der Waals surface area contributed by atoms with Crippen LogP contribution in [0.5, 0.6) is 5.75 Å². The van der Waals surface area contributed by atoms with E-state index in [-0.39, 0.29) is 12.5 Å². The van der Waals surface area contributed by atoms with Crippen molar-refractivity contribution in [1.29, 1.82) is 0 Å². The quantitative estimate of drug-likeness (QED) is 0.598. The van der Waals surface area contributed by atoms with Gasteiger partial charge in [0.25, 0.3) is 5.91 Å². The molecular weight excluding hydrogens is 410 g/mol. The summed E-state index contributed by atoms with van der Waals surface area (Å²) in [7, 11) is 0. The highest BCUT2D eigenvalue weighted by molar-refractivity contribution is 7.15. The van der Waals surface area contributed by atoms with Gasteiger partial charge in [0.15, 0.2) is 11.7 Å². The van der Waals surface area contributed by atoms with Gasteiger partial charge >= 0.3 is 0 Å². The molecule has 0 atom stereocenters. The fourth-order valence-electron chi connectivity index (χ4n) is 3.76. The number of carbonyl (C=O) groups excluding carboxylic acids is 1. The van der Waals surface area contributed by atoms with Gasteiger partial charge in [0.05, 0.1) is 0 Å². The van der Waals surface area contributed by atoms with Crippen molar-refractivity contribution in [3.63, 3.8) is 0 Å². The van der Waals surface area contributed by atoms with Crippen LogP contribution in [0.1, 0.15) is 29.2 Å².